The van der Waals surface area contributed by atoms with Crippen LogP contribution >= 0.6 is 0 Å². The second-order valence-corrected chi connectivity index (χ2v) is 6.35. The predicted molar refractivity (Wildman–Crippen MR) is 156 cm³/mol. The first kappa shape index (κ1) is 60.3. The first-order chi connectivity index (χ1) is 17.2. The van der Waals surface area contributed by atoms with Gasteiger partial charge in [-0.1, -0.05) is 60.8 Å². The van der Waals surface area contributed by atoms with Crippen molar-refractivity contribution in [2.24, 2.45) is 0 Å². The molecule has 0 spiro atoms. The Hall–Kier alpha value is -0.360. The third-order valence-electron chi connectivity index (χ3n) is 2.21. The molecule has 0 radical (unpaired) electrons. The van der Waals surface area contributed by atoms with Gasteiger partial charge in [-0.2, -0.15) is 0 Å². The summed E-state index contributed by atoms with van der Waals surface area (Å²) in [4.78, 5) is 0. The van der Waals surface area contributed by atoms with Crippen molar-refractivity contribution in [1.82, 2.24) is 0 Å². The van der Waals surface area contributed by atoms with Gasteiger partial charge < -0.3 is 46.0 Å². The van der Waals surface area contributed by atoms with Gasteiger partial charge in [0.25, 0.3) is 0 Å². The van der Waals surface area contributed by atoms with E-state index < -0.39 is 0 Å². The van der Waals surface area contributed by atoms with Crippen LogP contribution in [0.1, 0.15) is 120 Å². The Bertz CT molecular complexity index is 139. The van der Waals surface area contributed by atoms with Gasteiger partial charge >= 0.3 is 0 Å². The van der Waals surface area contributed by atoms with Crippen LogP contribution in [0.25, 0.3) is 0 Å². The van der Waals surface area contributed by atoms with E-state index in [9.17, 15) is 0 Å². The Balaban J connectivity index is -0.0000000328. The van der Waals surface area contributed by atoms with Gasteiger partial charge in [0, 0.05) is 59.5 Å². The number of hydrogen-bond donors (Lipinski definition) is 9. The zero-order valence-electron chi connectivity index (χ0n) is 25.8. The van der Waals surface area contributed by atoms with E-state index in [4.69, 9.17) is 46.0 Å². The molecule has 0 aromatic heterocycles. The molecule has 9 nitrogen and oxygen atoms in total. The van der Waals surface area contributed by atoms with E-state index in [1.165, 1.54) is 0 Å². The number of aliphatic hydroxyl groups excluding tert-OH is 9. The Morgan fingerprint density at radius 2 is 0.361 bits per heavy atom. The molecule has 9 heteroatoms. The summed E-state index contributed by atoms with van der Waals surface area (Å²) in [5, 5.41) is 70.5. The summed E-state index contributed by atoms with van der Waals surface area (Å²) < 4.78 is 0. The average Bonchev–Trinajstić information content (AvgIpc) is 2.88. The van der Waals surface area contributed by atoms with E-state index in [0.717, 1.165) is 57.8 Å². The molecule has 0 aliphatic rings. The minimum Gasteiger partial charge on any atom is -0.397 e. The van der Waals surface area contributed by atoms with Gasteiger partial charge in [-0.05, 0) is 59.3 Å². The maximum absolute atomic E-state index is 8.07. The van der Waals surface area contributed by atoms with E-state index in [-0.39, 0.29) is 19.8 Å². The predicted octanol–water partition coefficient (Wildman–Crippen LogP) is 3.50. The first-order valence-corrected chi connectivity index (χ1v) is 13.7. The van der Waals surface area contributed by atoms with Crippen LogP contribution in [-0.2, 0) is 0 Å². The van der Waals surface area contributed by atoms with E-state index in [2.05, 4.69) is 20.8 Å². The maximum Gasteiger partial charge on any atom is 0.0430 e. The summed E-state index contributed by atoms with van der Waals surface area (Å²) in [5.41, 5.74) is 0. The van der Waals surface area contributed by atoms with Gasteiger partial charge in [-0.25, -0.2) is 0 Å². The second kappa shape index (κ2) is 126. The molecule has 0 bridgehead atoms. The molecule has 0 aromatic rings. The highest BCUT2D eigenvalue weighted by atomic mass is 16.3. The van der Waals surface area contributed by atoms with Crippen LogP contribution in [0.4, 0.5) is 0 Å². The van der Waals surface area contributed by atoms with Crippen LogP contribution in [0.5, 0.6) is 0 Å². The Morgan fingerprint density at radius 1 is 0.250 bits per heavy atom. The molecule has 0 atom stereocenters. The van der Waals surface area contributed by atoms with E-state index in [1.54, 1.807) is 20.8 Å². The van der Waals surface area contributed by atoms with Crippen LogP contribution in [-0.4, -0.2) is 105 Å². The number of hydrogen-bond acceptors (Lipinski definition) is 9. The fraction of sp³-hybridized carbons (Fsp3) is 1.00. The SMILES string of the molecule is CCCCO.CCCCO.CCCCO.CCCO.CCCO.CCCO.CCO.CCO.CCO. The van der Waals surface area contributed by atoms with Crippen LogP contribution < -0.4 is 0 Å². The van der Waals surface area contributed by atoms with Crippen LogP contribution in [0.15, 0.2) is 0 Å². The van der Waals surface area contributed by atoms with Gasteiger partial charge in [0.05, 0.1) is 0 Å². The third-order valence-corrected chi connectivity index (χ3v) is 2.21. The normalized spacial score (nSPS) is 7.50. The van der Waals surface area contributed by atoms with Gasteiger partial charge in [-0.15, -0.1) is 0 Å². The molecular weight excluding hydrogens is 468 g/mol. The summed E-state index contributed by atoms with van der Waals surface area (Å²) in [6.45, 7) is 19.7. The molecule has 234 valence electrons. The quantitative estimate of drug-likeness (QED) is 0.211. The second-order valence-electron chi connectivity index (χ2n) is 6.35. The largest absolute Gasteiger partial charge is 0.397 e. The molecule has 0 heterocycles. The number of aliphatic hydroxyl groups is 9. The van der Waals surface area contributed by atoms with Crippen LogP contribution in [0.2, 0.25) is 0 Å². The number of unbranched alkanes of at least 4 members (excludes halogenated alkanes) is 3. The van der Waals surface area contributed by atoms with Crippen molar-refractivity contribution in [2.75, 3.05) is 59.5 Å². The van der Waals surface area contributed by atoms with Crippen molar-refractivity contribution in [1.29, 1.82) is 0 Å². The molecular formula is C27H72O9. The minimum absolute atomic E-state index is 0.250. The monoisotopic (exact) mass is 541 g/mol. The Kier molecular flexibility index (Phi) is 211. The zero-order chi connectivity index (χ0) is 30.7. The van der Waals surface area contributed by atoms with Gasteiger partial charge in [0.1, 0.15) is 0 Å². The molecule has 0 amide bonds. The van der Waals surface area contributed by atoms with Gasteiger partial charge in [-0.3, -0.25) is 0 Å². The summed E-state index contributed by atoms with van der Waals surface area (Å²) in [7, 11) is 0. The topological polar surface area (TPSA) is 182 Å². The van der Waals surface area contributed by atoms with Crippen molar-refractivity contribution in [3.8, 4) is 0 Å². The summed E-state index contributed by atoms with van der Waals surface area (Å²) >= 11 is 0. The lowest BCUT2D eigenvalue weighted by Gasteiger charge is -1.79. The first-order valence-electron chi connectivity index (χ1n) is 13.7. The highest BCUT2D eigenvalue weighted by Gasteiger charge is 1.70. The fourth-order valence-corrected chi connectivity index (χ4v) is 0.474. The molecule has 36 heavy (non-hydrogen) atoms. The standard InChI is InChI=1S/3C4H10O.3C3H8O.3C2H6O/c3*1-2-3-4-5;3*1-2-3-4;3*1-2-3/h3*5H,2-4H2,1H3;3*4H,2-3H2,1H3;3*3H,2H2,1H3. The fourth-order valence-electron chi connectivity index (χ4n) is 0.474. The molecule has 0 fully saturated rings. The lowest BCUT2D eigenvalue weighted by molar-refractivity contribution is 0.286. The zero-order valence-corrected chi connectivity index (χ0v) is 25.8. The molecule has 0 rings (SSSR count). The molecule has 0 unspecified atom stereocenters. The molecule has 0 aliphatic carbocycles. The Labute approximate surface area is 225 Å². The average molecular weight is 541 g/mol. The smallest absolute Gasteiger partial charge is 0.0430 e. The van der Waals surface area contributed by atoms with Crippen molar-refractivity contribution >= 4 is 0 Å². The summed E-state index contributed by atoms with van der Waals surface area (Å²) in [6.07, 6.45) is 8.74. The van der Waals surface area contributed by atoms with Gasteiger partial charge in [0.2, 0.25) is 0 Å². The van der Waals surface area contributed by atoms with Crippen molar-refractivity contribution < 1.29 is 46.0 Å². The maximum atomic E-state index is 8.07. The molecule has 0 aliphatic heterocycles. The third kappa shape index (κ3) is 480. The highest BCUT2D eigenvalue weighted by molar-refractivity contribution is 4.24. The summed E-state index contributed by atoms with van der Waals surface area (Å²) in [6, 6.07) is 0. The molecule has 9 N–H and O–H groups in total. The van der Waals surface area contributed by atoms with E-state index in [0.29, 0.717) is 39.6 Å². The Morgan fingerprint density at radius 3 is 0.361 bits per heavy atom. The van der Waals surface area contributed by atoms with Crippen LogP contribution in [0.3, 0.4) is 0 Å². The summed E-state index contributed by atoms with van der Waals surface area (Å²) in [5.74, 6) is 0. The molecule has 0 saturated carbocycles. The molecule has 0 aromatic carbocycles. The van der Waals surface area contributed by atoms with E-state index >= 15 is 0 Å². The van der Waals surface area contributed by atoms with Crippen molar-refractivity contribution in [2.45, 2.75) is 120 Å². The molecule has 0 saturated heterocycles. The van der Waals surface area contributed by atoms with Crippen molar-refractivity contribution in [3.05, 3.63) is 0 Å². The highest BCUT2D eigenvalue weighted by Crippen LogP contribution is 1.79. The van der Waals surface area contributed by atoms with Gasteiger partial charge in [0.15, 0.2) is 0 Å². The lowest BCUT2D eigenvalue weighted by Crippen LogP contribution is -1.75. The van der Waals surface area contributed by atoms with E-state index in [1.807, 2.05) is 20.8 Å². The van der Waals surface area contributed by atoms with Crippen LogP contribution in [0, 0.1) is 0 Å². The minimum atomic E-state index is 0.250. The number of rotatable bonds is 9. The van der Waals surface area contributed by atoms with Crippen molar-refractivity contribution in [3.63, 3.8) is 0 Å². The lowest BCUT2D eigenvalue weighted by atomic mass is 10.4.